The number of nitrogens with zero attached hydrogens (tertiary/aromatic N) is 1. The summed E-state index contributed by atoms with van der Waals surface area (Å²) in [5.41, 5.74) is 7.86. The maximum atomic E-state index is 5.94. The summed E-state index contributed by atoms with van der Waals surface area (Å²) in [5.74, 6) is 0. The first-order chi connectivity index (χ1) is 6.56. The second kappa shape index (κ2) is 4.69. The summed E-state index contributed by atoms with van der Waals surface area (Å²) < 4.78 is 1.02. The molecule has 1 rings (SSSR count). The van der Waals surface area contributed by atoms with Crippen LogP contribution in [0.3, 0.4) is 0 Å². The number of anilines is 2. The van der Waals surface area contributed by atoms with Gasteiger partial charge in [0.2, 0.25) is 0 Å². The first-order valence-corrected chi connectivity index (χ1v) is 5.63. The van der Waals surface area contributed by atoms with Crippen molar-refractivity contribution < 1.29 is 0 Å². The van der Waals surface area contributed by atoms with Gasteiger partial charge in [-0.2, -0.15) is 0 Å². The predicted molar refractivity (Wildman–Crippen MR) is 66.7 cm³/mol. The molecule has 14 heavy (non-hydrogen) atoms. The fourth-order valence-corrected chi connectivity index (χ4v) is 1.74. The number of benzene rings is 1. The van der Waals surface area contributed by atoms with Crippen molar-refractivity contribution in [1.29, 1.82) is 0 Å². The number of nitrogen functional groups attached to an aromatic ring is 1. The van der Waals surface area contributed by atoms with Crippen LogP contribution in [0.4, 0.5) is 11.4 Å². The van der Waals surface area contributed by atoms with Crippen LogP contribution in [0.1, 0.15) is 20.3 Å². The highest BCUT2D eigenvalue weighted by molar-refractivity contribution is 9.10. The van der Waals surface area contributed by atoms with Gasteiger partial charge in [-0.25, -0.2) is 0 Å². The van der Waals surface area contributed by atoms with Crippen LogP contribution >= 0.6 is 15.9 Å². The zero-order valence-corrected chi connectivity index (χ0v) is 10.5. The second-order valence-electron chi connectivity index (χ2n) is 3.57. The first-order valence-electron chi connectivity index (χ1n) is 4.84. The molecule has 2 N–H and O–H groups in total. The van der Waals surface area contributed by atoms with Crippen LogP contribution in [0.25, 0.3) is 0 Å². The van der Waals surface area contributed by atoms with Crippen LogP contribution in [0.15, 0.2) is 22.7 Å². The second-order valence-corrected chi connectivity index (χ2v) is 4.49. The zero-order chi connectivity index (χ0) is 10.7. The predicted octanol–water partition coefficient (Wildman–Crippen LogP) is 3.27. The normalized spacial score (nSPS) is 12.6. The molecule has 1 atom stereocenters. The van der Waals surface area contributed by atoms with E-state index in [1.54, 1.807) is 0 Å². The van der Waals surface area contributed by atoms with Gasteiger partial charge in [0, 0.05) is 17.6 Å². The molecule has 0 saturated heterocycles. The highest BCUT2D eigenvalue weighted by Crippen LogP contribution is 2.27. The van der Waals surface area contributed by atoms with Crippen LogP contribution in [-0.2, 0) is 0 Å². The summed E-state index contributed by atoms with van der Waals surface area (Å²) in [5, 5.41) is 0. The Balaban J connectivity index is 2.95. The van der Waals surface area contributed by atoms with E-state index in [0.717, 1.165) is 22.3 Å². The molecular formula is C11H17BrN2. The van der Waals surface area contributed by atoms with Crippen LogP contribution in [0.5, 0.6) is 0 Å². The van der Waals surface area contributed by atoms with Gasteiger partial charge in [0.25, 0.3) is 0 Å². The van der Waals surface area contributed by atoms with Crippen LogP contribution in [0, 0.1) is 0 Å². The Bertz CT molecular complexity index is 312. The van der Waals surface area contributed by atoms with Crippen molar-refractivity contribution in [3.8, 4) is 0 Å². The minimum Gasteiger partial charge on any atom is -0.397 e. The minimum absolute atomic E-state index is 0.512. The number of hydrogen-bond donors (Lipinski definition) is 1. The van der Waals surface area contributed by atoms with Crippen molar-refractivity contribution in [3.63, 3.8) is 0 Å². The number of halogens is 1. The quantitative estimate of drug-likeness (QED) is 0.842. The fraction of sp³-hybridized carbons (Fsp3) is 0.455. The molecule has 0 aliphatic carbocycles. The molecule has 0 radical (unpaired) electrons. The van der Waals surface area contributed by atoms with E-state index in [0.29, 0.717) is 6.04 Å². The molecule has 0 aliphatic rings. The van der Waals surface area contributed by atoms with Crippen molar-refractivity contribution in [2.24, 2.45) is 0 Å². The molecule has 0 spiro atoms. The van der Waals surface area contributed by atoms with E-state index in [9.17, 15) is 0 Å². The van der Waals surface area contributed by atoms with E-state index < -0.39 is 0 Å². The molecule has 0 aromatic heterocycles. The Labute approximate surface area is 94.2 Å². The summed E-state index contributed by atoms with van der Waals surface area (Å²) in [4.78, 5) is 2.21. The number of hydrogen-bond acceptors (Lipinski definition) is 2. The topological polar surface area (TPSA) is 29.3 Å². The van der Waals surface area contributed by atoms with Gasteiger partial charge in [0.05, 0.1) is 11.4 Å². The summed E-state index contributed by atoms with van der Waals surface area (Å²) in [6.45, 7) is 4.37. The van der Waals surface area contributed by atoms with Crippen LogP contribution < -0.4 is 10.6 Å². The van der Waals surface area contributed by atoms with Gasteiger partial charge in [0.15, 0.2) is 0 Å². The molecule has 0 bridgehead atoms. The largest absolute Gasteiger partial charge is 0.397 e. The van der Waals surface area contributed by atoms with E-state index >= 15 is 0 Å². The summed E-state index contributed by atoms with van der Waals surface area (Å²) in [6.07, 6.45) is 1.12. The molecule has 0 saturated carbocycles. The molecule has 1 unspecified atom stereocenters. The van der Waals surface area contributed by atoms with Crippen molar-refractivity contribution in [1.82, 2.24) is 0 Å². The molecule has 1 aromatic rings. The van der Waals surface area contributed by atoms with Crippen LogP contribution in [-0.4, -0.2) is 13.1 Å². The molecule has 0 amide bonds. The lowest BCUT2D eigenvalue weighted by Crippen LogP contribution is -2.28. The van der Waals surface area contributed by atoms with E-state index in [2.05, 4.69) is 41.7 Å². The lowest BCUT2D eigenvalue weighted by atomic mass is 10.2. The summed E-state index contributed by atoms with van der Waals surface area (Å²) >= 11 is 3.40. The van der Waals surface area contributed by atoms with Crippen LogP contribution in [0.2, 0.25) is 0 Å². The van der Waals surface area contributed by atoms with Gasteiger partial charge in [-0.15, -0.1) is 0 Å². The van der Waals surface area contributed by atoms with E-state index in [4.69, 9.17) is 5.73 Å². The molecule has 1 aromatic carbocycles. The Hall–Kier alpha value is -0.700. The Morgan fingerprint density at radius 3 is 2.64 bits per heavy atom. The van der Waals surface area contributed by atoms with Gasteiger partial charge in [-0.05, 0) is 31.5 Å². The summed E-state index contributed by atoms with van der Waals surface area (Å²) in [7, 11) is 2.08. The third kappa shape index (κ3) is 2.41. The Morgan fingerprint density at radius 2 is 2.14 bits per heavy atom. The highest BCUT2D eigenvalue weighted by Gasteiger charge is 2.10. The molecule has 0 aliphatic heterocycles. The average molecular weight is 257 g/mol. The first kappa shape index (κ1) is 11.4. The van der Waals surface area contributed by atoms with Gasteiger partial charge >= 0.3 is 0 Å². The average Bonchev–Trinajstić information content (AvgIpc) is 2.15. The minimum atomic E-state index is 0.512. The van der Waals surface area contributed by atoms with E-state index in [1.807, 2.05) is 18.2 Å². The summed E-state index contributed by atoms with van der Waals surface area (Å²) in [6, 6.07) is 6.52. The molecule has 0 heterocycles. The zero-order valence-electron chi connectivity index (χ0n) is 8.92. The lowest BCUT2D eigenvalue weighted by molar-refractivity contribution is 0.664. The Kier molecular flexibility index (Phi) is 3.81. The SMILES string of the molecule is CCC(C)N(C)c1ccc(Br)cc1N. The molecule has 2 nitrogen and oxygen atoms in total. The molecule has 0 fully saturated rings. The number of rotatable bonds is 3. The number of nitrogens with two attached hydrogens (primary N) is 1. The van der Waals surface area contributed by atoms with Gasteiger partial charge in [-0.3, -0.25) is 0 Å². The standard InChI is InChI=1S/C11H17BrN2/c1-4-8(2)14(3)11-6-5-9(12)7-10(11)13/h5-8H,4,13H2,1-3H3. The smallest absolute Gasteiger partial charge is 0.0600 e. The van der Waals surface area contributed by atoms with Gasteiger partial charge in [-0.1, -0.05) is 22.9 Å². The van der Waals surface area contributed by atoms with Crippen molar-refractivity contribution in [3.05, 3.63) is 22.7 Å². The van der Waals surface area contributed by atoms with Gasteiger partial charge in [0.1, 0.15) is 0 Å². The maximum absolute atomic E-state index is 5.94. The third-order valence-corrected chi connectivity index (χ3v) is 3.11. The van der Waals surface area contributed by atoms with Crippen molar-refractivity contribution in [2.45, 2.75) is 26.3 Å². The monoisotopic (exact) mass is 256 g/mol. The maximum Gasteiger partial charge on any atom is 0.0600 e. The lowest BCUT2D eigenvalue weighted by Gasteiger charge is -2.27. The third-order valence-electron chi connectivity index (χ3n) is 2.62. The van der Waals surface area contributed by atoms with Crippen molar-refractivity contribution >= 4 is 27.3 Å². The molecule has 3 heteroatoms. The fourth-order valence-electron chi connectivity index (χ4n) is 1.36. The van der Waals surface area contributed by atoms with Gasteiger partial charge < -0.3 is 10.6 Å². The highest BCUT2D eigenvalue weighted by atomic mass is 79.9. The molecular weight excluding hydrogens is 240 g/mol. The van der Waals surface area contributed by atoms with E-state index in [-0.39, 0.29) is 0 Å². The Morgan fingerprint density at radius 1 is 1.50 bits per heavy atom. The molecule has 78 valence electrons. The van der Waals surface area contributed by atoms with Crippen molar-refractivity contribution in [2.75, 3.05) is 17.7 Å². The van der Waals surface area contributed by atoms with E-state index in [1.165, 1.54) is 0 Å².